The Hall–Kier alpha value is -3.47. The van der Waals surface area contributed by atoms with E-state index in [4.69, 9.17) is 4.52 Å². The third-order valence-electron chi connectivity index (χ3n) is 5.67. The van der Waals surface area contributed by atoms with Crippen LogP contribution >= 0.6 is 0 Å². The molecule has 1 saturated carbocycles. The number of rotatable bonds is 6. The Balaban J connectivity index is 1.59. The molecule has 150 valence electrons. The molecule has 5 nitrogen and oxygen atoms in total. The highest BCUT2D eigenvalue weighted by atomic mass is 16.5. The summed E-state index contributed by atoms with van der Waals surface area (Å²) in [5.74, 6) is 0.280. The highest BCUT2D eigenvalue weighted by Gasteiger charge is 2.30. The summed E-state index contributed by atoms with van der Waals surface area (Å²) >= 11 is 0. The van der Waals surface area contributed by atoms with Crippen molar-refractivity contribution in [2.24, 2.45) is 0 Å². The minimum atomic E-state index is -0.125. The molecule has 0 aliphatic heterocycles. The quantitative estimate of drug-likeness (QED) is 0.457. The van der Waals surface area contributed by atoms with Crippen LogP contribution in [0.5, 0.6) is 0 Å². The zero-order valence-electron chi connectivity index (χ0n) is 16.8. The number of fused-ring (bicyclic) bond motifs is 1. The minimum absolute atomic E-state index is 0.0636. The average Bonchev–Trinajstić information content (AvgIpc) is 3.57. The van der Waals surface area contributed by atoms with Gasteiger partial charge in [-0.3, -0.25) is 4.79 Å². The fourth-order valence-electron chi connectivity index (χ4n) is 3.87. The fourth-order valence-corrected chi connectivity index (χ4v) is 3.87. The number of hydrogen-bond acceptors (Lipinski definition) is 4. The molecule has 1 fully saturated rings. The van der Waals surface area contributed by atoms with Crippen molar-refractivity contribution in [1.29, 1.82) is 0 Å². The van der Waals surface area contributed by atoms with Gasteiger partial charge in [-0.15, -0.1) is 0 Å². The Morgan fingerprint density at radius 2 is 1.80 bits per heavy atom. The van der Waals surface area contributed by atoms with E-state index in [2.05, 4.69) is 22.4 Å². The Kier molecular flexibility index (Phi) is 4.79. The van der Waals surface area contributed by atoms with Crippen LogP contribution in [-0.4, -0.2) is 16.0 Å². The molecule has 0 radical (unpaired) electrons. The number of carbonyl (C=O) groups is 1. The summed E-state index contributed by atoms with van der Waals surface area (Å²) < 4.78 is 5.59. The van der Waals surface area contributed by atoms with Crippen molar-refractivity contribution in [3.05, 3.63) is 83.6 Å². The van der Waals surface area contributed by atoms with E-state index < -0.39 is 0 Å². The lowest BCUT2D eigenvalue weighted by atomic mass is 10.0. The standard InChI is InChI=1S/C25H23N3O2/c1-2-20(16-9-5-3-6-10-16)26-24(29)19-15-21(17-13-14-17)27-25-22(19)23(28-30-25)18-11-7-4-8-12-18/h3-12,15,17,20H,2,13-14H2,1H3,(H,26,29). The number of nitrogens with one attached hydrogen (secondary N) is 1. The summed E-state index contributed by atoms with van der Waals surface area (Å²) in [5.41, 5.74) is 4.57. The Labute approximate surface area is 175 Å². The molecule has 1 amide bonds. The molecule has 2 heterocycles. The highest BCUT2D eigenvalue weighted by molar-refractivity contribution is 6.09. The Bertz CT molecular complexity index is 1180. The molecule has 5 rings (SSSR count). The van der Waals surface area contributed by atoms with Crippen molar-refractivity contribution < 1.29 is 9.32 Å². The Morgan fingerprint density at radius 1 is 1.10 bits per heavy atom. The molecule has 0 spiro atoms. The van der Waals surface area contributed by atoms with Gasteiger partial charge in [-0.2, -0.15) is 0 Å². The van der Waals surface area contributed by atoms with Crippen molar-refractivity contribution in [2.75, 3.05) is 0 Å². The topological polar surface area (TPSA) is 68.0 Å². The van der Waals surface area contributed by atoms with E-state index >= 15 is 0 Å². The van der Waals surface area contributed by atoms with Crippen molar-refractivity contribution in [2.45, 2.75) is 38.1 Å². The minimum Gasteiger partial charge on any atom is -0.345 e. The van der Waals surface area contributed by atoms with Gasteiger partial charge in [-0.05, 0) is 30.9 Å². The molecule has 30 heavy (non-hydrogen) atoms. The average molecular weight is 397 g/mol. The largest absolute Gasteiger partial charge is 0.345 e. The van der Waals surface area contributed by atoms with Gasteiger partial charge < -0.3 is 9.84 Å². The van der Waals surface area contributed by atoms with Crippen LogP contribution in [0.4, 0.5) is 0 Å². The monoisotopic (exact) mass is 397 g/mol. The van der Waals surface area contributed by atoms with E-state index in [-0.39, 0.29) is 11.9 Å². The number of hydrogen-bond donors (Lipinski definition) is 1. The number of pyridine rings is 1. The van der Waals surface area contributed by atoms with Crippen LogP contribution in [-0.2, 0) is 0 Å². The van der Waals surface area contributed by atoms with Gasteiger partial charge in [0.1, 0.15) is 5.69 Å². The lowest BCUT2D eigenvalue weighted by molar-refractivity contribution is 0.0937. The first kappa shape index (κ1) is 18.6. The van der Waals surface area contributed by atoms with Gasteiger partial charge in [0.25, 0.3) is 11.6 Å². The lowest BCUT2D eigenvalue weighted by Crippen LogP contribution is -2.28. The molecular weight excluding hydrogens is 374 g/mol. The molecule has 0 bridgehead atoms. The van der Waals surface area contributed by atoms with E-state index in [1.165, 1.54) is 0 Å². The number of benzene rings is 2. The molecule has 1 atom stereocenters. The molecule has 5 heteroatoms. The predicted octanol–water partition coefficient (Wildman–Crippen LogP) is 5.65. The number of amides is 1. The van der Waals surface area contributed by atoms with Gasteiger partial charge in [0.05, 0.1) is 17.0 Å². The molecule has 1 aliphatic carbocycles. The number of nitrogens with zero attached hydrogens (tertiary/aromatic N) is 2. The van der Waals surface area contributed by atoms with E-state index in [0.717, 1.165) is 36.1 Å². The van der Waals surface area contributed by atoms with Gasteiger partial charge in [-0.1, -0.05) is 72.7 Å². The van der Waals surface area contributed by atoms with Gasteiger partial charge in [0.2, 0.25) is 0 Å². The van der Waals surface area contributed by atoms with Crippen LogP contribution in [0.2, 0.25) is 0 Å². The maximum Gasteiger partial charge on any atom is 0.259 e. The van der Waals surface area contributed by atoms with Crippen molar-refractivity contribution in [1.82, 2.24) is 15.5 Å². The first-order chi connectivity index (χ1) is 14.7. The molecule has 1 aliphatic rings. The van der Waals surface area contributed by atoms with Crippen molar-refractivity contribution in [3.8, 4) is 11.3 Å². The predicted molar refractivity (Wildman–Crippen MR) is 116 cm³/mol. The summed E-state index contributed by atoms with van der Waals surface area (Å²) in [5, 5.41) is 8.15. The first-order valence-electron chi connectivity index (χ1n) is 10.5. The van der Waals surface area contributed by atoms with Crippen molar-refractivity contribution >= 4 is 17.0 Å². The van der Waals surface area contributed by atoms with Gasteiger partial charge in [0.15, 0.2) is 0 Å². The Morgan fingerprint density at radius 3 is 2.47 bits per heavy atom. The second-order valence-corrected chi connectivity index (χ2v) is 7.79. The maximum absolute atomic E-state index is 13.5. The normalized spacial score (nSPS) is 14.6. The molecule has 2 aromatic carbocycles. The molecule has 0 saturated heterocycles. The van der Waals surface area contributed by atoms with Crippen LogP contribution in [0.1, 0.15) is 59.8 Å². The van der Waals surface area contributed by atoms with Gasteiger partial charge >= 0.3 is 0 Å². The van der Waals surface area contributed by atoms with Crippen LogP contribution in [0.3, 0.4) is 0 Å². The summed E-state index contributed by atoms with van der Waals surface area (Å²) in [6, 6.07) is 21.7. The summed E-state index contributed by atoms with van der Waals surface area (Å²) in [7, 11) is 0. The summed E-state index contributed by atoms with van der Waals surface area (Å²) in [4.78, 5) is 18.1. The maximum atomic E-state index is 13.5. The number of carbonyl (C=O) groups excluding carboxylic acids is 1. The molecule has 1 unspecified atom stereocenters. The first-order valence-corrected chi connectivity index (χ1v) is 10.5. The lowest BCUT2D eigenvalue weighted by Gasteiger charge is -2.18. The molecule has 2 aromatic heterocycles. The van der Waals surface area contributed by atoms with Crippen molar-refractivity contribution in [3.63, 3.8) is 0 Å². The third kappa shape index (κ3) is 3.47. The van der Waals surface area contributed by atoms with E-state index in [1.807, 2.05) is 66.7 Å². The molecule has 4 aromatic rings. The molecular formula is C25H23N3O2. The van der Waals surface area contributed by atoms with E-state index in [9.17, 15) is 4.79 Å². The van der Waals surface area contributed by atoms with E-state index in [0.29, 0.717) is 28.3 Å². The van der Waals surface area contributed by atoms with E-state index in [1.54, 1.807) is 0 Å². The second-order valence-electron chi connectivity index (χ2n) is 7.79. The zero-order valence-corrected chi connectivity index (χ0v) is 16.8. The van der Waals surface area contributed by atoms with Crippen LogP contribution in [0, 0.1) is 0 Å². The summed E-state index contributed by atoms with van der Waals surface area (Å²) in [6.07, 6.45) is 3.00. The zero-order chi connectivity index (χ0) is 20.5. The molecule has 1 N–H and O–H groups in total. The second kappa shape index (κ2) is 7.75. The smallest absolute Gasteiger partial charge is 0.259 e. The van der Waals surface area contributed by atoms with Gasteiger partial charge in [0, 0.05) is 17.2 Å². The van der Waals surface area contributed by atoms with Crippen LogP contribution < -0.4 is 5.32 Å². The van der Waals surface area contributed by atoms with Crippen LogP contribution in [0.15, 0.2) is 71.3 Å². The third-order valence-corrected chi connectivity index (χ3v) is 5.67. The number of aromatic nitrogens is 2. The highest BCUT2D eigenvalue weighted by Crippen LogP contribution is 2.41. The van der Waals surface area contributed by atoms with Crippen LogP contribution in [0.25, 0.3) is 22.4 Å². The van der Waals surface area contributed by atoms with Gasteiger partial charge in [-0.25, -0.2) is 4.98 Å². The summed E-state index contributed by atoms with van der Waals surface area (Å²) in [6.45, 7) is 2.07. The fraction of sp³-hybridized carbons (Fsp3) is 0.240. The SMILES string of the molecule is CCC(NC(=O)c1cc(C2CC2)nc2onc(-c3ccccc3)c12)c1ccccc1.